The van der Waals surface area contributed by atoms with Crippen molar-refractivity contribution >= 4 is 40.5 Å². The van der Waals surface area contributed by atoms with Gasteiger partial charge in [-0.2, -0.15) is 0 Å². The summed E-state index contributed by atoms with van der Waals surface area (Å²) in [6.07, 6.45) is 0.0537. The molecule has 2 heterocycles. The number of carbonyl (C=O) groups excluding carboxylic acids is 3. The van der Waals surface area contributed by atoms with Crippen molar-refractivity contribution in [3.63, 3.8) is 0 Å². The van der Waals surface area contributed by atoms with Crippen LogP contribution in [0.15, 0.2) is 57.7 Å². The first-order valence-corrected chi connectivity index (χ1v) is 13.1. The summed E-state index contributed by atoms with van der Waals surface area (Å²) in [5.41, 5.74) is 1.03. The second-order valence-electron chi connectivity index (χ2n) is 9.28. The number of rotatable bonds is 8. The van der Waals surface area contributed by atoms with Crippen molar-refractivity contribution < 1.29 is 33.4 Å². The highest BCUT2D eigenvalue weighted by molar-refractivity contribution is 6.31. The van der Waals surface area contributed by atoms with E-state index in [1.54, 1.807) is 19.1 Å². The summed E-state index contributed by atoms with van der Waals surface area (Å²) in [6, 6.07) is 12.9. The molecule has 2 N–H and O–H groups in total. The van der Waals surface area contributed by atoms with Crippen molar-refractivity contribution in [1.82, 2.24) is 15.1 Å². The molecule has 3 amide bonds. The maximum Gasteiger partial charge on any atom is 0.410 e. The van der Waals surface area contributed by atoms with E-state index in [1.807, 2.05) is 30.3 Å². The Kier molecular flexibility index (Phi) is 9.62. The number of halogens is 1. The molecule has 40 heavy (non-hydrogen) atoms. The van der Waals surface area contributed by atoms with Crippen LogP contribution >= 0.6 is 11.6 Å². The summed E-state index contributed by atoms with van der Waals surface area (Å²) in [4.78, 5) is 52.9. The Labute approximate surface area is 235 Å². The van der Waals surface area contributed by atoms with Crippen molar-refractivity contribution in [2.75, 3.05) is 39.4 Å². The second-order valence-corrected chi connectivity index (χ2v) is 9.66. The zero-order valence-electron chi connectivity index (χ0n) is 21.9. The lowest BCUT2D eigenvalue weighted by Crippen LogP contribution is -2.52. The molecule has 0 unspecified atom stereocenters. The van der Waals surface area contributed by atoms with Crippen molar-refractivity contribution in [3.8, 4) is 5.75 Å². The van der Waals surface area contributed by atoms with Gasteiger partial charge in [0.15, 0.2) is 6.61 Å². The fourth-order valence-corrected chi connectivity index (χ4v) is 4.46. The molecule has 212 valence electrons. The highest BCUT2D eigenvalue weighted by Crippen LogP contribution is 2.25. The van der Waals surface area contributed by atoms with Crippen molar-refractivity contribution in [2.24, 2.45) is 0 Å². The van der Waals surface area contributed by atoms with E-state index in [0.29, 0.717) is 30.5 Å². The van der Waals surface area contributed by atoms with Crippen LogP contribution in [0.25, 0.3) is 11.0 Å². The van der Waals surface area contributed by atoms with Gasteiger partial charge in [-0.1, -0.05) is 41.9 Å². The van der Waals surface area contributed by atoms with Crippen molar-refractivity contribution in [2.45, 2.75) is 26.0 Å². The van der Waals surface area contributed by atoms with E-state index < -0.39 is 42.8 Å². The molecule has 1 atom stereocenters. The van der Waals surface area contributed by atoms with Crippen LogP contribution < -0.4 is 15.7 Å². The maximum atomic E-state index is 13.0. The molecule has 0 aliphatic carbocycles. The Morgan fingerprint density at radius 3 is 2.55 bits per heavy atom. The Morgan fingerprint density at radius 2 is 1.80 bits per heavy atom. The number of aliphatic hydroxyl groups excluding tert-OH is 1. The van der Waals surface area contributed by atoms with E-state index in [2.05, 4.69) is 5.32 Å². The van der Waals surface area contributed by atoms with Gasteiger partial charge in [-0.25, -0.2) is 9.59 Å². The lowest BCUT2D eigenvalue weighted by atomic mass is 10.1. The van der Waals surface area contributed by atoms with E-state index in [1.165, 1.54) is 15.9 Å². The van der Waals surface area contributed by atoms with Gasteiger partial charge in [0.25, 0.3) is 5.91 Å². The van der Waals surface area contributed by atoms with Gasteiger partial charge in [0.1, 0.15) is 29.0 Å². The Morgan fingerprint density at radius 1 is 1.07 bits per heavy atom. The molecule has 1 fully saturated rings. The number of hydrogen-bond donors (Lipinski definition) is 2. The zero-order chi connectivity index (χ0) is 28.6. The number of amides is 3. The number of benzene rings is 2. The van der Waals surface area contributed by atoms with E-state index in [-0.39, 0.29) is 36.1 Å². The van der Waals surface area contributed by atoms with Crippen LogP contribution in [0, 0.1) is 6.92 Å². The number of aryl methyl sites for hydroxylation is 1. The maximum absolute atomic E-state index is 13.0. The summed E-state index contributed by atoms with van der Waals surface area (Å²) >= 11 is 5.94. The monoisotopic (exact) mass is 571 g/mol. The molecule has 3 aromatic rings. The van der Waals surface area contributed by atoms with Crippen LogP contribution in [0.2, 0.25) is 5.02 Å². The fourth-order valence-electron chi connectivity index (χ4n) is 4.32. The van der Waals surface area contributed by atoms with E-state index in [9.17, 15) is 24.3 Å². The molecule has 1 aromatic heterocycles. The number of ether oxygens (including phenoxy) is 2. The SMILES string of the molecule is Cc1c(Cl)c(=O)oc2cc(OCC(=O)N[C@@H](CO)C(=O)N3CCCN(C(=O)OCc4ccccc4)CC3)ccc12. The minimum atomic E-state index is -1.17. The molecule has 0 bridgehead atoms. The number of nitrogens with zero attached hydrogens (tertiary/aromatic N) is 2. The minimum Gasteiger partial charge on any atom is -0.484 e. The van der Waals surface area contributed by atoms with Crippen LogP contribution in [0.3, 0.4) is 0 Å². The molecule has 0 radical (unpaired) electrons. The molecule has 12 heteroatoms. The van der Waals surface area contributed by atoms with Crippen LogP contribution in [0.1, 0.15) is 17.5 Å². The summed E-state index contributed by atoms with van der Waals surface area (Å²) in [5.74, 6) is -0.816. The first kappa shape index (κ1) is 28.9. The number of hydrogen-bond acceptors (Lipinski definition) is 8. The molecular formula is C28H30ClN3O8. The van der Waals surface area contributed by atoms with E-state index in [4.69, 9.17) is 25.5 Å². The summed E-state index contributed by atoms with van der Waals surface area (Å²) in [6.45, 7) is 2.07. The van der Waals surface area contributed by atoms with Gasteiger partial charge in [0.05, 0.1) is 6.61 Å². The zero-order valence-corrected chi connectivity index (χ0v) is 22.7. The topological polar surface area (TPSA) is 139 Å². The van der Waals surface area contributed by atoms with E-state index in [0.717, 1.165) is 5.56 Å². The van der Waals surface area contributed by atoms with Crippen LogP contribution in [-0.2, 0) is 20.9 Å². The lowest BCUT2D eigenvalue weighted by Gasteiger charge is -2.26. The molecule has 4 rings (SSSR count). The molecular weight excluding hydrogens is 542 g/mol. The number of nitrogens with one attached hydrogen (secondary N) is 1. The Bertz CT molecular complexity index is 1430. The number of aliphatic hydroxyl groups is 1. The molecule has 11 nitrogen and oxygen atoms in total. The van der Waals surface area contributed by atoms with Crippen LogP contribution in [-0.4, -0.2) is 78.2 Å². The van der Waals surface area contributed by atoms with Gasteiger partial charge in [-0.05, 0) is 36.6 Å². The summed E-state index contributed by atoms with van der Waals surface area (Å²) in [5, 5.41) is 12.9. The van der Waals surface area contributed by atoms with Crippen LogP contribution in [0.5, 0.6) is 5.75 Å². The quantitative estimate of drug-likeness (QED) is 0.393. The van der Waals surface area contributed by atoms with Gasteiger partial charge in [-0.15, -0.1) is 0 Å². The fraction of sp³-hybridized carbons (Fsp3) is 0.357. The van der Waals surface area contributed by atoms with Gasteiger partial charge < -0.3 is 34.1 Å². The first-order valence-electron chi connectivity index (χ1n) is 12.8. The minimum absolute atomic E-state index is 0.000340. The summed E-state index contributed by atoms with van der Waals surface area (Å²) in [7, 11) is 0. The number of carbonyl (C=O) groups is 3. The van der Waals surface area contributed by atoms with Gasteiger partial charge in [0.2, 0.25) is 5.91 Å². The van der Waals surface area contributed by atoms with Crippen molar-refractivity contribution in [1.29, 1.82) is 0 Å². The van der Waals surface area contributed by atoms with Crippen molar-refractivity contribution in [3.05, 3.63) is 75.1 Å². The van der Waals surface area contributed by atoms with Gasteiger partial charge in [0, 0.05) is 37.6 Å². The third kappa shape index (κ3) is 7.10. The molecule has 2 aromatic carbocycles. The lowest BCUT2D eigenvalue weighted by molar-refractivity contribution is -0.137. The van der Waals surface area contributed by atoms with E-state index >= 15 is 0 Å². The second kappa shape index (κ2) is 13.3. The molecule has 1 saturated heterocycles. The largest absolute Gasteiger partial charge is 0.484 e. The Balaban J connectivity index is 1.27. The highest BCUT2D eigenvalue weighted by Gasteiger charge is 2.28. The van der Waals surface area contributed by atoms with Gasteiger partial charge in [-0.3, -0.25) is 9.59 Å². The third-order valence-corrected chi connectivity index (χ3v) is 6.96. The average molecular weight is 572 g/mol. The normalized spacial score (nSPS) is 14.4. The predicted octanol–water partition coefficient (Wildman–Crippen LogP) is 2.48. The standard InChI is InChI=1S/C28H30ClN3O8/c1-18-21-9-8-20(14-23(21)40-27(36)25(18)29)38-17-24(34)30-22(15-33)26(35)31-10-5-11-32(13-12-31)28(37)39-16-19-6-3-2-4-7-19/h2-4,6-9,14,22,33H,5,10-13,15-17H2,1H3,(H,30,34)/t22-/m0/s1. The Hall–Kier alpha value is -4.09. The first-order chi connectivity index (χ1) is 19.3. The van der Waals surface area contributed by atoms with Crippen LogP contribution in [0.4, 0.5) is 4.79 Å². The average Bonchev–Trinajstić information content (AvgIpc) is 3.23. The molecule has 1 aliphatic heterocycles. The smallest absolute Gasteiger partial charge is 0.410 e. The molecule has 0 spiro atoms. The van der Waals surface area contributed by atoms with Gasteiger partial charge >= 0.3 is 11.7 Å². The highest BCUT2D eigenvalue weighted by atomic mass is 35.5. The molecule has 1 aliphatic rings. The molecule has 0 saturated carbocycles. The summed E-state index contributed by atoms with van der Waals surface area (Å²) < 4.78 is 16.1. The number of fused-ring (bicyclic) bond motifs is 1. The predicted molar refractivity (Wildman–Crippen MR) is 146 cm³/mol. The third-order valence-electron chi connectivity index (χ3n) is 6.52.